The van der Waals surface area contributed by atoms with Crippen LogP contribution in [0.2, 0.25) is 0 Å². The van der Waals surface area contributed by atoms with Gasteiger partial charge in [0.15, 0.2) is 0 Å². The lowest BCUT2D eigenvalue weighted by Gasteiger charge is -2.26. The summed E-state index contributed by atoms with van der Waals surface area (Å²) in [6.45, 7) is 7.48. The third kappa shape index (κ3) is 3.60. The second-order valence-corrected chi connectivity index (χ2v) is 5.03. The molecule has 0 aromatic heterocycles. The zero-order valence-electron chi connectivity index (χ0n) is 11.0. The smallest absolute Gasteiger partial charge is 0.0956 e. The first-order valence-electron chi connectivity index (χ1n) is 5.86. The van der Waals surface area contributed by atoms with Gasteiger partial charge in [0.1, 0.15) is 0 Å². The molecule has 1 atom stereocenters. The first-order chi connectivity index (χ1) is 9.08. The number of azide groups is 1. The summed E-state index contributed by atoms with van der Waals surface area (Å²) >= 11 is 3.44. The number of hydrogen-bond acceptors (Lipinski definition) is 1. The monoisotopic (exact) mass is 317 g/mol. The number of allylic oxidation sites excluding steroid dienone is 3. The standard InChI is InChI=1S/C15H16BrN3/c1-4-6-8-12(5-2)15(3,18-19-17)13-9-7-10-14(16)11-13/h4-11H,1H2,2-3H3/b8-6-,12-5+. The van der Waals surface area contributed by atoms with Crippen molar-refractivity contribution in [1.82, 2.24) is 0 Å². The Bertz CT molecular complexity index is 569. The van der Waals surface area contributed by atoms with E-state index in [-0.39, 0.29) is 0 Å². The number of hydrogen-bond donors (Lipinski definition) is 0. The van der Waals surface area contributed by atoms with E-state index >= 15 is 0 Å². The molecule has 0 bridgehead atoms. The minimum absolute atomic E-state index is 0.743. The summed E-state index contributed by atoms with van der Waals surface area (Å²) in [7, 11) is 0. The average molecular weight is 318 g/mol. The van der Waals surface area contributed by atoms with Gasteiger partial charge >= 0.3 is 0 Å². The van der Waals surface area contributed by atoms with E-state index in [1.54, 1.807) is 6.08 Å². The van der Waals surface area contributed by atoms with E-state index in [1.807, 2.05) is 56.3 Å². The van der Waals surface area contributed by atoms with E-state index in [0.717, 1.165) is 15.6 Å². The predicted molar refractivity (Wildman–Crippen MR) is 83.7 cm³/mol. The summed E-state index contributed by atoms with van der Waals surface area (Å²) in [4.78, 5) is 3.00. The Kier molecular flexibility index (Phi) is 5.61. The lowest BCUT2D eigenvalue weighted by Crippen LogP contribution is -2.20. The summed E-state index contributed by atoms with van der Waals surface area (Å²) < 4.78 is 0.951. The van der Waals surface area contributed by atoms with E-state index < -0.39 is 5.54 Å². The maximum atomic E-state index is 8.88. The molecule has 19 heavy (non-hydrogen) atoms. The van der Waals surface area contributed by atoms with Crippen LogP contribution in [-0.4, -0.2) is 0 Å². The molecule has 0 aliphatic rings. The van der Waals surface area contributed by atoms with Crippen molar-refractivity contribution in [2.24, 2.45) is 5.11 Å². The van der Waals surface area contributed by atoms with Gasteiger partial charge in [-0.15, -0.1) is 0 Å². The highest BCUT2D eigenvalue weighted by atomic mass is 79.9. The van der Waals surface area contributed by atoms with Gasteiger partial charge in [-0.05, 0) is 42.6 Å². The summed E-state index contributed by atoms with van der Waals surface area (Å²) in [5.74, 6) is 0. The van der Waals surface area contributed by atoms with Crippen molar-refractivity contribution in [3.05, 3.63) is 81.2 Å². The highest BCUT2D eigenvalue weighted by Gasteiger charge is 2.28. The molecule has 0 aliphatic heterocycles. The molecule has 98 valence electrons. The van der Waals surface area contributed by atoms with E-state index in [9.17, 15) is 0 Å². The van der Waals surface area contributed by atoms with Crippen molar-refractivity contribution in [1.29, 1.82) is 0 Å². The van der Waals surface area contributed by atoms with Crippen molar-refractivity contribution in [3.63, 3.8) is 0 Å². The number of nitrogens with zero attached hydrogens (tertiary/aromatic N) is 3. The molecule has 1 aromatic carbocycles. The fourth-order valence-corrected chi connectivity index (χ4v) is 2.27. The Morgan fingerprint density at radius 3 is 2.79 bits per heavy atom. The van der Waals surface area contributed by atoms with E-state index in [2.05, 4.69) is 32.5 Å². The minimum atomic E-state index is -0.743. The van der Waals surface area contributed by atoms with Crippen LogP contribution in [0.15, 0.2) is 70.3 Å². The summed E-state index contributed by atoms with van der Waals surface area (Å²) in [5, 5.41) is 4.00. The molecule has 0 saturated heterocycles. The Morgan fingerprint density at radius 1 is 1.53 bits per heavy atom. The summed E-state index contributed by atoms with van der Waals surface area (Å²) in [6.07, 6.45) is 7.37. The molecule has 0 heterocycles. The second kappa shape index (κ2) is 6.98. The molecule has 1 rings (SSSR count). The van der Waals surface area contributed by atoms with E-state index in [0.29, 0.717) is 0 Å². The van der Waals surface area contributed by atoms with Gasteiger partial charge in [0.25, 0.3) is 0 Å². The highest BCUT2D eigenvalue weighted by Crippen LogP contribution is 2.35. The third-order valence-electron chi connectivity index (χ3n) is 2.92. The van der Waals surface area contributed by atoms with Crippen LogP contribution in [0, 0.1) is 0 Å². The lowest BCUT2D eigenvalue weighted by atomic mass is 9.84. The molecular formula is C15H16BrN3. The van der Waals surface area contributed by atoms with Crippen LogP contribution in [0.5, 0.6) is 0 Å². The summed E-state index contributed by atoms with van der Waals surface area (Å²) in [6, 6.07) is 7.77. The van der Waals surface area contributed by atoms with Crippen LogP contribution in [0.3, 0.4) is 0 Å². The fourth-order valence-electron chi connectivity index (χ4n) is 1.87. The van der Waals surface area contributed by atoms with Gasteiger partial charge in [0.05, 0.1) is 5.54 Å². The Balaban J connectivity index is 3.42. The van der Waals surface area contributed by atoms with Gasteiger partial charge in [-0.2, -0.15) is 0 Å². The molecule has 0 saturated carbocycles. The van der Waals surface area contributed by atoms with E-state index in [4.69, 9.17) is 5.53 Å². The van der Waals surface area contributed by atoms with Gasteiger partial charge in [-0.1, -0.05) is 64.1 Å². The van der Waals surface area contributed by atoms with E-state index in [1.165, 1.54) is 0 Å². The Labute approximate surface area is 122 Å². The second-order valence-electron chi connectivity index (χ2n) is 4.11. The first-order valence-corrected chi connectivity index (χ1v) is 6.66. The SMILES string of the molecule is C=C/C=C\C(=C/C)C(C)(N=[N+]=[N-])c1cccc(Br)c1. The molecule has 0 radical (unpaired) electrons. The van der Waals surface area contributed by atoms with Crippen molar-refractivity contribution in [2.45, 2.75) is 19.4 Å². The molecular weight excluding hydrogens is 302 g/mol. The maximum Gasteiger partial charge on any atom is 0.0956 e. The van der Waals surface area contributed by atoms with Gasteiger partial charge in [-0.25, -0.2) is 0 Å². The van der Waals surface area contributed by atoms with Gasteiger partial charge in [-0.3, -0.25) is 0 Å². The molecule has 1 aromatic rings. The first kappa shape index (κ1) is 15.3. The van der Waals surface area contributed by atoms with Crippen molar-refractivity contribution in [2.75, 3.05) is 0 Å². The predicted octanol–water partition coefficient (Wildman–Crippen LogP) is 5.66. The normalized spacial score (nSPS) is 14.8. The quantitative estimate of drug-likeness (QED) is 0.291. The van der Waals surface area contributed by atoms with Crippen LogP contribution in [0.25, 0.3) is 10.4 Å². The van der Waals surface area contributed by atoms with Crippen LogP contribution >= 0.6 is 15.9 Å². The van der Waals surface area contributed by atoms with Crippen LogP contribution in [0.1, 0.15) is 19.4 Å². The molecule has 0 amide bonds. The molecule has 0 spiro atoms. The Hall–Kier alpha value is -1.77. The fraction of sp³-hybridized carbons (Fsp3) is 0.200. The molecule has 4 heteroatoms. The molecule has 1 unspecified atom stereocenters. The topological polar surface area (TPSA) is 48.8 Å². The number of rotatable bonds is 5. The zero-order valence-corrected chi connectivity index (χ0v) is 12.6. The number of benzene rings is 1. The van der Waals surface area contributed by atoms with Crippen molar-refractivity contribution in [3.8, 4) is 0 Å². The van der Waals surface area contributed by atoms with Gasteiger partial charge < -0.3 is 0 Å². The van der Waals surface area contributed by atoms with Crippen LogP contribution < -0.4 is 0 Å². The Morgan fingerprint density at radius 2 is 2.26 bits per heavy atom. The maximum absolute atomic E-state index is 8.88. The molecule has 0 aliphatic carbocycles. The van der Waals surface area contributed by atoms with Crippen LogP contribution in [0.4, 0.5) is 0 Å². The van der Waals surface area contributed by atoms with Crippen molar-refractivity contribution < 1.29 is 0 Å². The van der Waals surface area contributed by atoms with Gasteiger partial charge in [0, 0.05) is 9.38 Å². The highest BCUT2D eigenvalue weighted by molar-refractivity contribution is 9.10. The van der Waals surface area contributed by atoms with Gasteiger partial charge in [0.2, 0.25) is 0 Å². The largest absolute Gasteiger partial charge is 0.0991 e. The third-order valence-corrected chi connectivity index (χ3v) is 3.41. The zero-order chi connectivity index (χ0) is 14.3. The molecule has 0 N–H and O–H groups in total. The lowest BCUT2D eigenvalue weighted by molar-refractivity contribution is 0.595. The summed E-state index contributed by atoms with van der Waals surface area (Å²) in [5.41, 5.74) is 9.99. The number of halogens is 1. The van der Waals surface area contributed by atoms with Crippen LogP contribution in [-0.2, 0) is 5.54 Å². The van der Waals surface area contributed by atoms with Crippen molar-refractivity contribution >= 4 is 15.9 Å². The minimum Gasteiger partial charge on any atom is -0.0991 e. The molecule has 3 nitrogen and oxygen atoms in total. The average Bonchev–Trinajstić information content (AvgIpc) is 2.40. The molecule has 0 fully saturated rings.